The minimum absolute atomic E-state index is 0.186. The number of thiazole rings is 1. The second-order valence-corrected chi connectivity index (χ2v) is 6.84. The number of anilines is 1. The van der Waals surface area contributed by atoms with E-state index in [1.54, 1.807) is 11.6 Å². The van der Waals surface area contributed by atoms with Gasteiger partial charge in [0, 0.05) is 24.0 Å². The van der Waals surface area contributed by atoms with Crippen molar-refractivity contribution in [3.05, 3.63) is 47.5 Å². The van der Waals surface area contributed by atoms with Gasteiger partial charge in [-0.25, -0.2) is 9.78 Å². The maximum atomic E-state index is 13.2. The zero-order valence-electron chi connectivity index (χ0n) is 13.4. The minimum atomic E-state index is -1.00. The maximum absolute atomic E-state index is 13.2. The lowest BCUT2D eigenvalue weighted by molar-refractivity contribution is -0.126. The van der Waals surface area contributed by atoms with Crippen molar-refractivity contribution in [2.45, 2.75) is 31.2 Å². The molecule has 1 saturated heterocycles. The number of nitrogens with two attached hydrogens (primary N) is 1. The molecule has 0 aliphatic carbocycles. The molecule has 0 spiro atoms. The molecule has 3 N–H and O–H groups in total. The fourth-order valence-electron chi connectivity index (χ4n) is 3.54. The fourth-order valence-corrected chi connectivity index (χ4v) is 4.06. The molecule has 2 atom stereocenters. The van der Waals surface area contributed by atoms with E-state index in [1.165, 1.54) is 16.2 Å². The first-order valence-electron chi connectivity index (χ1n) is 7.88. The number of likely N-dealkylation sites (tertiary alicyclic amines) is 1. The van der Waals surface area contributed by atoms with Gasteiger partial charge < -0.3 is 10.6 Å². The SMILES string of the molecule is C[C@@H](c1ccccc1)C1(C(=O)Nc2nccs2)CCCN1C(N)=O. The number of hydrogen-bond acceptors (Lipinski definition) is 4. The standard InChI is InChI=1S/C17H20N4O2S/c1-12(13-6-3-2-4-7-13)17(8-5-10-21(17)15(18)23)14(22)20-16-19-9-11-24-16/h2-4,6-7,9,11-12H,5,8,10H2,1H3,(H2,18,23)(H,19,20,22)/t12-,17?/m0/s1. The Balaban J connectivity index is 2.00. The highest BCUT2D eigenvalue weighted by molar-refractivity contribution is 7.13. The third-order valence-corrected chi connectivity index (χ3v) is 5.44. The molecule has 1 unspecified atom stereocenters. The van der Waals surface area contributed by atoms with Gasteiger partial charge in [0.15, 0.2) is 5.13 Å². The molecule has 1 aliphatic heterocycles. The normalized spacial score (nSPS) is 21.5. The van der Waals surface area contributed by atoms with Crippen molar-refractivity contribution >= 4 is 28.4 Å². The van der Waals surface area contributed by atoms with Gasteiger partial charge in [0.05, 0.1) is 0 Å². The van der Waals surface area contributed by atoms with Gasteiger partial charge in [0.25, 0.3) is 5.91 Å². The van der Waals surface area contributed by atoms with Crippen molar-refractivity contribution < 1.29 is 9.59 Å². The van der Waals surface area contributed by atoms with Crippen LogP contribution >= 0.6 is 11.3 Å². The van der Waals surface area contributed by atoms with Crippen LogP contribution in [0.15, 0.2) is 41.9 Å². The van der Waals surface area contributed by atoms with Crippen LogP contribution in [0.1, 0.15) is 31.2 Å². The first-order chi connectivity index (χ1) is 11.6. The van der Waals surface area contributed by atoms with E-state index in [9.17, 15) is 9.59 Å². The van der Waals surface area contributed by atoms with E-state index in [1.807, 2.05) is 37.3 Å². The number of urea groups is 1. The second kappa shape index (κ2) is 6.60. The number of carbonyl (C=O) groups excluding carboxylic acids is 2. The Labute approximate surface area is 144 Å². The molecule has 126 valence electrons. The quantitative estimate of drug-likeness (QED) is 0.894. The predicted molar refractivity (Wildman–Crippen MR) is 93.9 cm³/mol. The molecule has 2 aromatic rings. The summed E-state index contributed by atoms with van der Waals surface area (Å²) in [7, 11) is 0. The third-order valence-electron chi connectivity index (χ3n) is 4.75. The summed E-state index contributed by atoms with van der Waals surface area (Å²) in [6, 6.07) is 9.17. The number of nitrogens with one attached hydrogen (secondary N) is 1. The van der Waals surface area contributed by atoms with Crippen LogP contribution in [0.25, 0.3) is 0 Å². The Morgan fingerprint density at radius 2 is 2.12 bits per heavy atom. The van der Waals surface area contributed by atoms with Crippen LogP contribution in [0.2, 0.25) is 0 Å². The van der Waals surface area contributed by atoms with Crippen LogP contribution in [0.5, 0.6) is 0 Å². The van der Waals surface area contributed by atoms with Crippen LogP contribution in [0.4, 0.5) is 9.93 Å². The van der Waals surface area contributed by atoms with Gasteiger partial charge in [0.1, 0.15) is 5.54 Å². The number of aromatic nitrogens is 1. The van der Waals surface area contributed by atoms with Crippen LogP contribution in [-0.4, -0.2) is 33.9 Å². The number of amides is 3. The largest absolute Gasteiger partial charge is 0.351 e. The van der Waals surface area contributed by atoms with Gasteiger partial charge in [-0.15, -0.1) is 11.3 Å². The van der Waals surface area contributed by atoms with Gasteiger partial charge in [-0.2, -0.15) is 0 Å². The lowest BCUT2D eigenvalue weighted by atomic mass is 9.77. The zero-order valence-corrected chi connectivity index (χ0v) is 14.3. The van der Waals surface area contributed by atoms with Crippen molar-refractivity contribution in [1.29, 1.82) is 0 Å². The molecule has 1 aliphatic rings. The van der Waals surface area contributed by atoms with Crippen LogP contribution < -0.4 is 11.1 Å². The van der Waals surface area contributed by atoms with E-state index in [-0.39, 0.29) is 11.8 Å². The summed E-state index contributed by atoms with van der Waals surface area (Å²) in [6.45, 7) is 2.45. The summed E-state index contributed by atoms with van der Waals surface area (Å²) in [4.78, 5) is 30.8. The van der Waals surface area contributed by atoms with E-state index in [4.69, 9.17) is 5.73 Å². The van der Waals surface area contributed by atoms with Crippen LogP contribution in [0, 0.1) is 0 Å². The summed E-state index contributed by atoms with van der Waals surface area (Å²) in [5, 5.41) is 5.18. The molecule has 1 aromatic carbocycles. The molecule has 3 amide bonds. The highest BCUT2D eigenvalue weighted by atomic mass is 32.1. The minimum Gasteiger partial charge on any atom is -0.351 e. The van der Waals surface area contributed by atoms with Crippen molar-refractivity contribution in [2.24, 2.45) is 5.73 Å². The van der Waals surface area contributed by atoms with Crippen LogP contribution in [-0.2, 0) is 4.79 Å². The Morgan fingerprint density at radius 1 is 1.38 bits per heavy atom. The Morgan fingerprint density at radius 3 is 2.75 bits per heavy atom. The molecular formula is C17H20N4O2S. The van der Waals surface area contributed by atoms with Gasteiger partial charge >= 0.3 is 6.03 Å². The van der Waals surface area contributed by atoms with E-state index >= 15 is 0 Å². The fraction of sp³-hybridized carbons (Fsp3) is 0.353. The van der Waals surface area contributed by atoms with Crippen molar-refractivity contribution in [1.82, 2.24) is 9.88 Å². The summed E-state index contributed by atoms with van der Waals surface area (Å²) >= 11 is 1.35. The zero-order chi connectivity index (χ0) is 17.2. The van der Waals surface area contributed by atoms with Crippen molar-refractivity contribution in [2.75, 3.05) is 11.9 Å². The lowest BCUT2D eigenvalue weighted by Gasteiger charge is -2.40. The first kappa shape index (κ1) is 16.4. The first-order valence-corrected chi connectivity index (χ1v) is 8.76. The highest BCUT2D eigenvalue weighted by Gasteiger charge is 2.53. The second-order valence-electron chi connectivity index (χ2n) is 5.94. The smallest absolute Gasteiger partial charge is 0.315 e. The molecule has 1 fully saturated rings. The molecule has 0 bridgehead atoms. The summed E-state index contributed by atoms with van der Waals surface area (Å²) in [5.74, 6) is -0.418. The number of carbonyl (C=O) groups is 2. The van der Waals surface area contributed by atoms with Crippen molar-refractivity contribution in [3.8, 4) is 0 Å². The number of primary amides is 1. The summed E-state index contributed by atoms with van der Waals surface area (Å²) in [5.41, 5.74) is 5.59. The number of nitrogens with zero attached hydrogens (tertiary/aromatic N) is 2. The lowest BCUT2D eigenvalue weighted by Crippen LogP contribution is -2.59. The summed E-state index contributed by atoms with van der Waals surface area (Å²) in [6.07, 6.45) is 2.95. The average molecular weight is 344 g/mol. The average Bonchev–Trinajstić information content (AvgIpc) is 3.24. The molecule has 0 radical (unpaired) electrons. The van der Waals surface area contributed by atoms with E-state index in [0.717, 1.165) is 12.0 Å². The number of rotatable bonds is 4. The Bertz CT molecular complexity index is 719. The maximum Gasteiger partial charge on any atom is 0.315 e. The Hall–Kier alpha value is -2.41. The third kappa shape index (κ3) is 2.75. The summed E-state index contributed by atoms with van der Waals surface area (Å²) < 4.78 is 0. The predicted octanol–water partition coefficient (Wildman–Crippen LogP) is 2.80. The molecular weight excluding hydrogens is 324 g/mol. The topological polar surface area (TPSA) is 88.3 Å². The van der Waals surface area contributed by atoms with Crippen LogP contribution in [0.3, 0.4) is 0 Å². The Kier molecular flexibility index (Phi) is 4.53. The molecule has 24 heavy (non-hydrogen) atoms. The molecule has 3 rings (SSSR count). The van der Waals surface area contributed by atoms with E-state index in [0.29, 0.717) is 18.1 Å². The molecule has 0 saturated carbocycles. The van der Waals surface area contributed by atoms with E-state index in [2.05, 4.69) is 10.3 Å². The van der Waals surface area contributed by atoms with Gasteiger partial charge in [-0.05, 0) is 18.4 Å². The monoisotopic (exact) mass is 344 g/mol. The van der Waals surface area contributed by atoms with Gasteiger partial charge in [-0.3, -0.25) is 10.1 Å². The molecule has 7 heteroatoms. The van der Waals surface area contributed by atoms with Gasteiger partial charge in [-0.1, -0.05) is 37.3 Å². The molecule has 1 aromatic heterocycles. The molecule has 6 nitrogen and oxygen atoms in total. The van der Waals surface area contributed by atoms with Crippen molar-refractivity contribution in [3.63, 3.8) is 0 Å². The highest BCUT2D eigenvalue weighted by Crippen LogP contribution is 2.42. The number of hydrogen-bond donors (Lipinski definition) is 2. The number of benzene rings is 1. The van der Waals surface area contributed by atoms with E-state index < -0.39 is 11.6 Å². The molecule has 2 heterocycles. The van der Waals surface area contributed by atoms with Gasteiger partial charge in [0.2, 0.25) is 0 Å².